The molecule has 0 bridgehead atoms. The van der Waals surface area contributed by atoms with Crippen molar-refractivity contribution in [2.75, 3.05) is 0 Å². The lowest BCUT2D eigenvalue weighted by Gasteiger charge is -2.22. The quantitative estimate of drug-likeness (QED) is 0.638. The van der Waals surface area contributed by atoms with Gasteiger partial charge in [0.2, 0.25) is 0 Å². The topological polar surface area (TPSA) is 0 Å². The van der Waals surface area contributed by atoms with Crippen molar-refractivity contribution in [1.82, 2.24) is 0 Å². The fraction of sp³-hybridized carbons (Fsp3) is 0.778. The zero-order valence-electron chi connectivity index (χ0n) is 9.20. The van der Waals surface area contributed by atoms with E-state index in [1.165, 1.54) is 5.10 Å². The molecule has 0 aromatic heterocycles. The largest absolute Gasteiger partial charge is 0.374 e. The van der Waals surface area contributed by atoms with Crippen LogP contribution in [0.2, 0.25) is 19.6 Å². The van der Waals surface area contributed by atoms with Crippen molar-refractivity contribution in [3.05, 3.63) is 11.2 Å². The maximum atomic E-state index is 5.96. The van der Waals surface area contributed by atoms with Crippen molar-refractivity contribution in [3.8, 4) is 0 Å². The molecule has 0 fully saturated rings. The maximum absolute atomic E-state index is 5.96. The Bertz CT molecular complexity index is 185. The Morgan fingerprint density at radius 1 is 1.38 bits per heavy atom. The summed E-state index contributed by atoms with van der Waals surface area (Å²) in [5.41, 5.74) is -0.319. The van der Waals surface area contributed by atoms with Gasteiger partial charge in [0, 0.05) is 0 Å². The van der Waals surface area contributed by atoms with E-state index in [1.54, 1.807) is 0 Å². The van der Waals surface area contributed by atoms with Crippen LogP contribution < -0.4 is 0 Å². The van der Waals surface area contributed by atoms with Crippen molar-refractivity contribution >= 4 is 36.5 Å². The molecule has 76 valence electrons. The number of hydrogen-bond acceptors (Lipinski definition) is 0. The van der Waals surface area contributed by atoms with E-state index >= 15 is 0 Å². The highest BCUT2D eigenvalue weighted by molar-refractivity contribution is 7.41. The molecule has 0 spiro atoms. The van der Waals surface area contributed by atoms with Gasteiger partial charge in [-0.2, -0.15) is 22.9 Å². The molecule has 0 nitrogen and oxygen atoms in total. The fourth-order valence-electron chi connectivity index (χ4n) is 1.07. The monoisotopic (exact) mass is 236 g/mol. The number of halogens is 2. The van der Waals surface area contributed by atoms with Crippen LogP contribution in [0.5, 0.6) is 0 Å². The van der Waals surface area contributed by atoms with Gasteiger partial charge in [-0.25, -0.2) is 0 Å². The average molecular weight is 237 g/mol. The molecular formula is C9H19BCl2Si. The summed E-state index contributed by atoms with van der Waals surface area (Å²) in [7, 11) is -1.33. The Morgan fingerprint density at radius 3 is 2.08 bits per heavy atom. The van der Waals surface area contributed by atoms with Gasteiger partial charge in [-0.15, -0.1) is 0 Å². The molecule has 0 saturated heterocycles. The minimum atomic E-state index is -1.33. The van der Waals surface area contributed by atoms with Crippen LogP contribution in [-0.2, 0) is 0 Å². The van der Waals surface area contributed by atoms with Crippen LogP contribution in [0.3, 0.4) is 0 Å². The van der Waals surface area contributed by atoms with Crippen LogP contribution in [0.15, 0.2) is 11.2 Å². The van der Waals surface area contributed by atoms with Crippen LogP contribution >= 0.6 is 22.9 Å². The van der Waals surface area contributed by atoms with Gasteiger partial charge in [-0.1, -0.05) is 51.1 Å². The first-order valence-corrected chi connectivity index (χ1v) is 9.16. The van der Waals surface area contributed by atoms with Gasteiger partial charge in [0.1, 0.15) is 0 Å². The molecular weight excluding hydrogens is 218 g/mol. The van der Waals surface area contributed by atoms with Crippen molar-refractivity contribution in [2.45, 2.75) is 39.9 Å². The zero-order chi connectivity index (χ0) is 10.6. The van der Waals surface area contributed by atoms with E-state index < -0.39 is 8.07 Å². The van der Waals surface area contributed by atoms with Gasteiger partial charge in [0.05, 0.1) is 8.07 Å². The van der Waals surface area contributed by atoms with Crippen LogP contribution in [0, 0.1) is 5.92 Å². The molecule has 0 rings (SSSR count). The van der Waals surface area contributed by atoms with Crippen molar-refractivity contribution in [3.63, 3.8) is 0 Å². The minimum absolute atomic E-state index is 0.319. The summed E-state index contributed by atoms with van der Waals surface area (Å²) in [6.07, 6.45) is 3.41. The van der Waals surface area contributed by atoms with Crippen LogP contribution in [-0.4, -0.2) is 13.6 Å². The molecule has 0 heterocycles. The highest BCUT2D eigenvalue weighted by Crippen LogP contribution is 2.24. The van der Waals surface area contributed by atoms with Gasteiger partial charge in [-0.3, -0.25) is 0 Å². The van der Waals surface area contributed by atoms with Crippen molar-refractivity contribution in [2.24, 2.45) is 5.92 Å². The average Bonchev–Trinajstić information content (AvgIpc) is 1.96. The van der Waals surface area contributed by atoms with Crippen molar-refractivity contribution in [1.29, 1.82) is 0 Å². The van der Waals surface area contributed by atoms with Gasteiger partial charge >= 0.3 is 5.54 Å². The number of rotatable bonds is 4. The van der Waals surface area contributed by atoms with E-state index in [0.717, 1.165) is 6.42 Å². The Labute approximate surface area is 93.6 Å². The van der Waals surface area contributed by atoms with E-state index in [9.17, 15) is 0 Å². The lowest BCUT2D eigenvalue weighted by Crippen LogP contribution is -2.30. The molecule has 1 unspecified atom stereocenters. The zero-order valence-corrected chi connectivity index (χ0v) is 11.7. The second-order valence-electron chi connectivity index (χ2n) is 4.56. The third kappa shape index (κ3) is 5.14. The first kappa shape index (κ1) is 13.6. The number of allylic oxidation sites excluding steroid dienone is 1. The second kappa shape index (κ2) is 5.47. The molecule has 0 aliphatic carbocycles. The lowest BCUT2D eigenvalue weighted by molar-refractivity contribution is 0.698. The van der Waals surface area contributed by atoms with E-state index in [0.29, 0.717) is 5.92 Å². The smallest absolute Gasteiger partial charge is 0.165 e. The highest BCUT2D eigenvalue weighted by Gasteiger charge is 2.27. The molecule has 0 amide bonds. The van der Waals surface area contributed by atoms with Crippen LogP contribution in [0.1, 0.15) is 20.3 Å². The molecule has 0 aliphatic rings. The minimum Gasteiger partial charge on any atom is -0.165 e. The molecule has 0 N–H and O–H groups in total. The summed E-state index contributed by atoms with van der Waals surface area (Å²) in [4.78, 5) is 0. The van der Waals surface area contributed by atoms with Crippen LogP contribution in [0.25, 0.3) is 0 Å². The summed E-state index contributed by atoms with van der Waals surface area (Å²) in [5, 5.41) is 1.27. The molecule has 0 saturated carbocycles. The predicted molar refractivity (Wildman–Crippen MR) is 68.3 cm³/mol. The van der Waals surface area contributed by atoms with E-state index in [4.69, 9.17) is 22.9 Å². The third-order valence-electron chi connectivity index (χ3n) is 2.21. The summed E-state index contributed by atoms with van der Waals surface area (Å²) >= 11 is 11.9. The Kier molecular flexibility index (Phi) is 5.73. The Balaban J connectivity index is 4.71. The summed E-state index contributed by atoms with van der Waals surface area (Å²) in [6.45, 7) is 11.2. The molecule has 4 heteroatoms. The first-order chi connectivity index (χ1) is 5.79. The SMILES string of the molecule is CCC(C)/C=C(/B(Cl)Cl)[Si](C)(C)C. The highest BCUT2D eigenvalue weighted by atomic mass is 35.5. The van der Waals surface area contributed by atoms with Crippen LogP contribution in [0.4, 0.5) is 0 Å². The van der Waals surface area contributed by atoms with E-state index in [1.807, 2.05) is 0 Å². The molecule has 13 heavy (non-hydrogen) atoms. The Hall–Kier alpha value is 0.602. The van der Waals surface area contributed by atoms with Crippen molar-refractivity contribution < 1.29 is 0 Å². The maximum Gasteiger partial charge on any atom is 0.374 e. The molecule has 0 aromatic rings. The molecule has 0 aromatic carbocycles. The predicted octanol–water partition coefficient (Wildman–Crippen LogP) is 4.34. The number of hydrogen-bond donors (Lipinski definition) is 0. The van der Waals surface area contributed by atoms with Gasteiger partial charge in [-0.05, 0) is 5.92 Å². The lowest BCUT2D eigenvalue weighted by atomic mass is 10.00. The standard InChI is InChI=1S/C9H19BCl2Si/c1-6-8(2)7-9(10(11)12)13(3,4)5/h7-8H,6H2,1-5H3/b9-7-. The molecule has 0 radical (unpaired) electrons. The summed E-state index contributed by atoms with van der Waals surface area (Å²) in [5.74, 6) is 0.585. The molecule has 0 aliphatic heterocycles. The summed E-state index contributed by atoms with van der Waals surface area (Å²) < 4.78 is 0. The van der Waals surface area contributed by atoms with Gasteiger partial charge in [0.25, 0.3) is 0 Å². The van der Waals surface area contributed by atoms with E-state index in [-0.39, 0.29) is 5.54 Å². The fourth-order valence-corrected chi connectivity index (χ4v) is 4.62. The molecule has 1 atom stereocenters. The second-order valence-corrected chi connectivity index (χ2v) is 10.7. The normalized spacial score (nSPS) is 15.8. The van der Waals surface area contributed by atoms with E-state index in [2.05, 4.69) is 39.6 Å². The summed E-state index contributed by atoms with van der Waals surface area (Å²) in [6, 6.07) is 0. The van der Waals surface area contributed by atoms with Gasteiger partial charge < -0.3 is 0 Å². The van der Waals surface area contributed by atoms with Gasteiger partial charge in [0.15, 0.2) is 0 Å². The Morgan fingerprint density at radius 2 is 1.85 bits per heavy atom. The first-order valence-electron chi connectivity index (χ1n) is 4.79. The third-order valence-corrected chi connectivity index (χ3v) is 5.23.